The molecule has 0 heterocycles. The van der Waals surface area contributed by atoms with Gasteiger partial charge in [0.25, 0.3) is 0 Å². The number of esters is 1. The van der Waals surface area contributed by atoms with Gasteiger partial charge in [-0.05, 0) is 103 Å². The van der Waals surface area contributed by atoms with Gasteiger partial charge in [0.15, 0.2) is 0 Å². The first-order chi connectivity index (χ1) is 23.4. The Balaban J connectivity index is 3.94. The van der Waals surface area contributed by atoms with Crippen molar-refractivity contribution in [3.05, 3.63) is 85.1 Å². The Labute approximate surface area is 292 Å². The van der Waals surface area contributed by atoms with Crippen LogP contribution in [-0.2, 0) is 19.1 Å². The molecule has 270 valence electrons. The maximum atomic E-state index is 12.4. The van der Waals surface area contributed by atoms with Crippen molar-refractivity contribution in [2.24, 2.45) is 5.73 Å². The van der Waals surface area contributed by atoms with Crippen molar-refractivity contribution in [1.82, 2.24) is 5.32 Å². The number of carboxylic acid groups (broad SMARTS) is 1. The van der Waals surface area contributed by atoms with Crippen molar-refractivity contribution >= 4 is 17.8 Å². The summed E-state index contributed by atoms with van der Waals surface area (Å²) < 4.78 is 5.74. The summed E-state index contributed by atoms with van der Waals surface area (Å²) in [4.78, 5) is 35.7. The number of carbonyl (C=O) groups is 3. The summed E-state index contributed by atoms with van der Waals surface area (Å²) in [5.74, 6) is -1.42. The molecule has 0 aliphatic heterocycles. The van der Waals surface area contributed by atoms with Gasteiger partial charge in [0.1, 0.15) is 12.1 Å². The molecule has 1 amide bonds. The Bertz CT molecular complexity index is 1020. The van der Waals surface area contributed by atoms with Crippen molar-refractivity contribution in [2.75, 3.05) is 6.54 Å². The number of rotatable bonds is 31. The largest absolute Gasteiger partial charge is 0.480 e. The van der Waals surface area contributed by atoms with E-state index in [0.29, 0.717) is 32.2 Å². The van der Waals surface area contributed by atoms with E-state index in [4.69, 9.17) is 10.5 Å². The highest BCUT2D eigenvalue weighted by molar-refractivity contribution is 5.83. The molecule has 0 aliphatic carbocycles. The molecule has 2 unspecified atom stereocenters. The Kier molecular flexibility index (Phi) is 32.4. The monoisotopic (exact) mass is 666 g/mol. The van der Waals surface area contributed by atoms with E-state index in [-0.39, 0.29) is 24.4 Å². The highest BCUT2D eigenvalue weighted by atomic mass is 16.5. The summed E-state index contributed by atoms with van der Waals surface area (Å²) in [7, 11) is 0. The second-order valence-electron chi connectivity index (χ2n) is 11.9. The van der Waals surface area contributed by atoms with Gasteiger partial charge >= 0.3 is 11.9 Å². The average molecular weight is 667 g/mol. The van der Waals surface area contributed by atoms with Gasteiger partial charge in [-0.25, -0.2) is 4.79 Å². The fourth-order valence-electron chi connectivity index (χ4n) is 4.78. The lowest BCUT2D eigenvalue weighted by atomic mass is 10.0. The summed E-state index contributed by atoms with van der Waals surface area (Å²) in [6.07, 6.45) is 45.6. The smallest absolute Gasteiger partial charge is 0.326 e. The summed E-state index contributed by atoms with van der Waals surface area (Å²) in [6.45, 7) is 4.63. The molecule has 4 N–H and O–H groups in total. The molecule has 7 nitrogen and oxygen atoms in total. The summed E-state index contributed by atoms with van der Waals surface area (Å²) >= 11 is 0. The Morgan fingerprint density at radius 1 is 0.625 bits per heavy atom. The molecule has 0 radical (unpaired) electrons. The normalized spacial score (nSPS) is 13.7. The van der Waals surface area contributed by atoms with Crippen LogP contribution in [-0.4, -0.2) is 41.6 Å². The Morgan fingerprint density at radius 3 is 1.62 bits per heavy atom. The van der Waals surface area contributed by atoms with Crippen LogP contribution in [0.15, 0.2) is 85.1 Å². The van der Waals surface area contributed by atoms with Crippen molar-refractivity contribution in [3.8, 4) is 0 Å². The van der Waals surface area contributed by atoms with Gasteiger partial charge in [0.2, 0.25) is 5.91 Å². The van der Waals surface area contributed by atoms with E-state index in [0.717, 1.165) is 89.9 Å². The fraction of sp³-hybridized carbons (Fsp3) is 0.585. The van der Waals surface area contributed by atoms with Gasteiger partial charge in [0, 0.05) is 12.8 Å². The quantitative estimate of drug-likeness (QED) is 0.0385. The molecule has 0 spiro atoms. The first-order valence-electron chi connectivity index (χ1n) is 18.4. The summed E-state index contributed by atoms with van der Waals surface area (Å²) in [5, 5.41) is 11.8. The molecule has 2 atom stereocenters. The third-order valence-electron chi connectivity index (χ3n) is 7.46. The van der Waals surface area contributed by atoms with Crippen LogP contribution >= 0.6 is 0 Å². The van der Waals surface area contributed by atoms with Gasteiger partial charge < -0.3 is 20.9 Å². The van der Waals surface area contributed by atoms with Crippen molar-refractivity contribution in [1.29, 1.82) is 0 Å². The SMILES string of the molecule is CC/C=C\C/C=C\C/C=C\C/C=C\C/C=C\C/C=C\C/C=C\CCCC(=O)OC(CCC)CCCCCC(=O)NC(CCCN)C(=O)O. The lowest BCUT2D eigenvalue weighted by Gasteiger charge is -2.17. The second kappa shape index (κ2) is 34.9. The summed E-state index contributed by atoms with van der Waals surface area (Å²) in [5.41, 5.74) is 5.44. The van der Waals surface area contributed by atoms with Crippen LogP contribution in [0.5, 0.6) is 0 Å². The molecule has 0 aromatic rings. The molecule has 7 heteroatoms. The molecule has 0 rings (SSSR count). The number of unbranched alkanes of at least 4 members (excludes halogenated alkanes) is 3. The van der Waals surface area contributed by atoms with Crippen LogP contribution in [0.2, 0.25) is 0 Å². The fourth-order valence-corrected chi connectivity index (χ4v) is 4.78. The molecule has 48 heavy (non-hydrogen) atoms. The number of amides is 1. The first-order valence-corrected chi connectivity index (χ1v) is 18.4. The van der Waals surface area contributed by atoms with Crippen LogP contribution in [0.25, 0.3) is 0 Å². The maximum Gasteiger partial charge on any atom is 0.326 e. The van der Waals surface area contributed by atoms with Crippen LogP contribution < -0.4 is 11.1 Å². The number of ether oxygens (including phenoxy) is 1. The zero-order valence-electron chi connectivity index (χ0n) is 30.0. The topological polar surface area (TPSA) is 119 Å². The minimum Gasteiger partial charge on any atom is -0.480 e. The zero-order chi connectivity index (χ0) is 35.3. The van der Waals surface area contributed by atoms with Crippen molar-refractivity contribution in [2.45, 2.75) is 148 Å². The molecule has 0 bridgehead atoms. The molecular weight excluding hydrogens is 600 g/mol. The van der Waals surface area contributed by atoms with Gasteiger partial charge in [-0.2, -0.15) is 0 Å². The summed E-state index contributed by atoms with van der Waals surface area (Å²) in [6, 6.07) is -0.882. The predicted octanol–water partition coefficient (Wildman–Crippen LogP) is 9.77. The third-order valence-corrected chi connectivity index (χ3v) is 7.46. The number of nitrogens with one attached hydrogen (secondary N) is 1. The number of allylic oxidation sites excluding steroid dienone is 14. The Hall–Kier alpha value is -3.45. The highest BCUT2D eigenvalue weighted by Gasteiger charge is 2.19. The molecular formula is C41H66N2O5. The number of carboxylic acids is 1. The number of hydrogen-bond acceptors (Lipinski definition) is 5. The first kappa shape index (κ1) is 44.5. The highest BCUT2D eigenvalue weighted by Crippen LogP contribution is 2.15. The number of aliphatic carboxylic acids is 1. The van der Waals surface area contributed by atoms with Crippen molar-refractivity contribution < 1.29 is 24.2 Å². The van der Waals surface area contributed by atoms with Crippen LogP contribution in [0.1, 0.15) is 136 Å². The van der Waals surface area contributed by atoms with E-state index in [9.17, 15) is 19.5 Å². The molecule has 0 saturated heterocycles. The van der Waals surface area contributed by atoms with Crippen LogP contribution in [0.4, 0.5) is 0 Å². The van der Waals surface area contributed by atoms with E-state index >= 15 is 0 Å². The molecule has 0 aliphatic rings. The standard InChI is InChI=1S/C41H66N2O5/c1-3-5-6-7-8-9-10-11-12-13-14-15-16-17-18-19-20-21-22-23-24-25-29-35-40(45)48-37(31-4-2)32-27-26-28-34-39(44)43-38(41(46)47)33-30-36-42/h5-6,8-9,11-12,14-15,17-18,20-21,23-24,37-38H,3-4,7,10,13,16,19,22,25-36,42H2,1-2H3,(H,43,44)(H,46,47)/b6-5-,9-8-,12-11-,15-14-,18-17-,21-20-,24-23-. The van der Waals surface area contributed by atoms with Crippen molar-refractivity contribution in [3.63, 3.8) is 0 Å². The minimum atomic E-state index is -1.03. The Morgan fingerprint density at radius 2 is 1.15 bits per heavy atom. The number of nitrogens with two attached hydrogens (primary N) is 1. The average Bonchev–Trinajstić information content (AvgIpc) is 3.06. The van der Waals surface area contributed by atoms with E-state index in [1.807, 2.05) is 0 Å². The maximum absolute atomic E-state index is 12.4. The minimum absolute atomic E-state index is 0.0902. The van der Waals surface area contributed by atoms with E-state index in [2.05, 4.69) is 104 Å². The van der Waals surface area contributed by atoms with E-state index in [1.54, 1.807) is 0 Å². The van der Waals surface area contributed by atoms with Gasteiger partial charge in [0.05, 0.1) is 0 Å². The van der Waals surface area contributed by atoms with E-state index < -0.39 is 12.0 Å². The van der Waals surface area contributed by atoms with Gasteiger partial charge in [-0.3, -0.25) is 9.59 Å². The van der Waals surface area contributed by atoms with Gasteiger partial charge in [-0.15, -0.1) is 0 Å². The molecule has 0 aromatic carbocycles. The number of carbonyl (C=O) groups excluding carboxylic acids is 2. The van der Waals surface area contributed by atoms with Crippen LogP contribution in [0, 0.1) is 0 Å². The molecule has 0 saturated carbocycles. The lowest BCUT2D eigenvalue weighted by molar-refractivity contribution is -0.150. The molecule has 0 fully saturated rings. The zero-order valence-corrected chi connectivity index (χ0v) is 30.0. The third kappa shape index (κ3) is 31.2. The lowest BCUT2D eigenvalue weighted by Crippen LogP contribution is -2.40. The molecule has 0 aromatic heterocycles. The second-order valence-corrected chi connectivity index (χ2v) is 11.9. The van der Waals surface area contributed by atoms with Crippen LogP contribution in [0.3, 0.4) is 0 Å². The van der Waals surface area contributed by atoms with Gasteiger partial charge in [-0.1, -0.05) is 112 Å². The van der Waals surface area contributed by atoms with E-state index in [1.165, 1.54) is 0 Å². The predicted molar refractivity (Wildman–Crippen MR) is 202 cm³/mol. The number of hydrogen-bond donors (Lipinski definition) is 3.